The summed E-state index contributed by atoms with van der Waals surface area (Å²) in [6.07, 6.45) is 0. The van der Waals surface area contributed by atoms with Crippen LogP contribution in [0, 0.1) is 0 Å². The molecule has 26 heavy (non-hydrogen) atoms. The summed E-state index contributed by atoms with van der Waals surface area (Å²) in [5.41, 5.74) is 1.92. The summed E-state index contributed by atoms with van der Waals surface area (Å²) in [6.45, 7) is 0. The molecular formula is C21H16O5. The maximum atomic E-state index is 12.5. The van der Waals surface area contributed by atoms with E-state index in [1.807, 2.05) is 24.3 Å². The van der Waals surface area contributed by atoms with Gasteiger partial charge in [0.25, 0.3) is 0 Å². The average Bonchev–Trinajstić information content (AvgIpc) is 3.05. The Bertz CT molecular complexity index is 1110. The molecule has 4 rings (SSSR count). The van der Waals surface area contributed by atoms with Crippen LogP contribution >= 0.6 is 0 Å². The highest BCUT2D eigenvalue weighted by Crippen LogP contribution is 2.32. The number of hydrogen-bond donors (Lipinski definition) is 0. The Morgan fingerprint density at radius 1 is 0.808 bits per heavy atom. The van der Waals surface area contributed by atoms with Gasteiger partial charge in [0.15, 0.2) is 11.5 Å². The van der Waals surface area contributed by atoms with Crippen molar-refractivity contribution in [3.8, 4) is 17.2 Å². The van der Waals surface area contributed by atoms with Crippen molar-refractivity contribution >= 4 is 27.9 Å². The molecule has 1 aromatic heterocycles. The van der Waals surface area contributed by atoms with Gasteiger partial charge in [-0.05, 0) is 42.5 Å². The molecule has 0 aliphatic heterocycles. The van der Waals surface area contributed by atoms with Crippen LogP contribution in [-0.2, 0) is 0 Å². The smallest absolute Gasteiger partial charge is 0.343 e. The second-order valence-electron chi connectivity index (χ2n) is 5.72. The summed E-state index contributed by atoms with van der Waals surface area (Å²) in [5, 5.41) is 1.88. The largest absolute Gasteiger partial charge is 0.493 e. The van der Waals surface area contributed by atoms with Gasteiger partial charge in [-0.15, -0.1) is 0 Å². The summed E-state index contributed by atoms with van der Waals surface area (Å²) in [4.78, 5) is 12.5. The molecule has 5 heteroatoms. The molecule has 0 spiro atoms. The third-order valence-electron chi connectivity index (χ3n) is 4.18. The molecule has 0 fully saturated rings. The van der Waals surface area contributed by atoms with E-state index in [9.17, 15) is 4.79 Å². The van der Waals surface area contributed by atoms with E-state index in [0.29, 0.717) is 22.8 Å². The van der Waals surface area contributed by atoms with Crippen molar-refractivity contribution < 1.29 is 23.4 Å². The minimum atomic E-state index is -0.474. The molecule has 0 aliphatic rings. The molecule has 0 N–H and O–H groups in total. The molecular weight excluding hydrogens is 332 g/mol. The quantitative estimate of drug-likeness (QED) is 0.391. The number of hydrogen-bond acceptors (Lipinski definition) is 5. The van der Waals surface area contributed by atoms with Crippen molar-refractivity contribution in [3.05, 3.63) is 66.2 Å². The number of esters is 1. The average molecular weight is 348 g/mol. The maximum Gasteiger partial charge on any atom is 0.343 e. The molecule has 3 aromatic carbocycles. The lowest BCUT2D eigenvalue weighted by Crippen LogP contribution is -2.08. The molecule has 0 unspecified atom stereocenters. The van der Waals surface area contributed by atoms with Gasteiger partial charge >= 0.3 is 5.97 Å². The fourth-order valence-electron chi connectivity index (χ4n) is 2.90. The highest BCUT2D eigenvalue weighted by atomic mass is 16.5. The summed E-state index contributed by atoms with van der Waals surface area (Å²) >= 11 is 0. The number of ether oxygens (including phenoxy) is 3. The maximum absolute atomic E-state index is 12.5. The monoisotopic (exact) mass is 348 g/mol. The standard InChI is InChI=1S/C21H16O5/c1-23-19-9-7-13(11-20(19)24-2)21(22)25-14-8-10-18-16(12-14)15-5-3-4-6-17(15)26-18/h3-12H,1-2H3. The minimum Gasteiger partial charge on any atom is -0.493 e. The van der Waals surface area contributed by atoms with Crippen LogP contribution in [0.1, 0.15) is 10.4 Å². The van der Waals surface area contributed by atoms with Gasteiger partial charge in [-0.1, -0.05) is 18.2 Å². The summed E-state index contributed by atoms with van der Waals surface area (Å²) in [5.74, 6) is 0.996. The topological polar surface area (TPSA) is 57.9 Å². The first-order valence-corrected chi connectivity index (χ1v) is 8.05. The van der Waals surface area contributed by atoms with Crippen LogP contribution in [0.25, 0.3) is 21.9 Å². The first-order valence-electron chi connectivity index (χ1n) is 8.05. The van der Waals surface area contributed by atoms with Crippen LogP contribution in [-0.4, -0.2) is 20.2 Å². The third-order valence-corrected chi connectivity index (χ3v) is 4.18. The van der Waals surface area contributed by atoms with Crippen LogP contribution in [0.5, 0.6) is 17.2 Å². The summed E-state index contributed by atoms with van der Waals surface area (Å²) in [7, 11) is 3.06. The highest BCUT2D eigenvalue weighted by Gasteiger charge is 2.14. The zero-order valence-corrected chi connectivity index (χ0v) is 14.3. The van der Waals surface area contributed by atoms with Crippen molar-refractivity contribution in [2.24, 2.45) is 0 Å². The number of carbonyl (C=O) groups is 1. The van der Waals surface area contributed by atoms with E-state index >= 15 is 0 Å². The first kappa shape index (κ1) is 16.0. The normalized spacial score (nSPS) is 10.8. The van der Waals surface area contributed by atoms with Crippen molar-refractivity contribution in [1.82, 2.24) is 0 Å². The number of fused-ring (bicyclic) bond motifs is 3. The van der Waals surface area contributed by atoms with Gasteiger partial charge in [-0.3, -0.25) is 0 Å². The van der Waals surface area contributed by atoms with Gasteiger partial charge in [-0.2, -0.15) is 0 Å². The Hall–Kier alpha value is -3.47. The molecule has 0 amide bonds. The SMILES string of the molecule is COc1ccc(C(=O)Oc2ccc3oc4ccccc4c3c2)cc1OC. The molecule has 0 saturated heterocycles. The number of benzene rings is 3. The second kappa shape index (κ2) is 6.44. The predicted molar refractivity (Wildman–Crippen MR) is 98.2 cm³/mol. The Morgan fingerprint density at radius 2 is 1.58 bits per heavy atom. The van der Waals surface area contributed by atoms with Gasteiger partial charge in [0.2, 0.25) is 0 Å². The summed E-state index contributed by atoms with van der Waals surface area (Å²) < 4.78 is 21.7. The lowest BCUT2D eigenvalue weighted by atomic mass is 10.1. The van der Waals surface area contributed by atoms with Crippen molar-refractivity contribution in [2.75, 3.05) is 14.2 Å². The second-order valence-corrected chi connectivity index (χ2v) is 5.72. The Kier molecular flexibility index (Phi) is 3.97. The van der Waals surface area contributed by atoms with Gasteiger partial charge in [0.1, 0.15) is 16.9 Å². The molecule has 130 valence electrons. The lowest BCUT2D eigenvalue weighted by molar-refractivity contribution is 0.0734. The van der Waals surface area contributed by atoms with E-state index in [0.717, 1.165) is 21.9 Å². The number of para-hydroxylation sites is 1. The molecule has 4 aromatic rings. The predicted octanol–water partition coefficient (Wildman–Crippen LogP) is 4.82. The number of furan rings is 1. The summed E-state index contributed by atoms with van der Waals surface area (Å²) in [6, 6.07) is 18.0. The van der Waals surface area contributed by atoms with Crippen LogP contribution in [0.3, 0.4) is 0 Å². The first-order chi connectivity index (χ1) is 12.7. The van der Waals surface area contributed by atoms with Crippen LogP contribution in [0.4, 0.5) is 0 Å². The van der Waals surface area contributed by atoms with E-state index < -0.39 is 5.97 Å². The van der Waals surface area contributed by atoms with E-state index in [2.05, 4.69) is 0 Å². The van der Waals surface area contributed by atoms with Crippen LogP contribution in [0.2, 0.25) is 0 Å². The zero-order valence-electron chi connectivity index (χ0n) is 14.3. The molecule has 1 heterocycles. The van der Waals surface area contributed by atoms with E-state index in [1.54, 1.807) is 43.5 Å². The Labute approximate surface area is 149 Å². The molecule has 0 bridgehead atoms. The van der Waals surface area contributed by atoms with Gasteiger partial charge < -0.3 is 18.6 Å². The van der Waals surface area contributed by atoms with Crippen LogP contribution in [0.15, 0.2) is 65.1 Å². The lowest BCUT2D eigenvalue weighted by Gasteiger charge is -2.09. The van der Waals surface area contributed by atoms with Gasteiger partial charge in [0.05, 0.1) is 19.8 Å². The fraction of sp³-hybridized carbons (Fsp3) is 0.0952. The molecule has 0 radical (unpaired) electrons. The van der Waals surface area contributed by atoms with Crippen LogP contribution < -0.4 is 14.2 Å². The zero-order chi connectivity index (χ0) is 18.1. The van der Waals surface area contributed by atoms with Gasteiger partial charge in [0, 0.05) is 10.8 Å². The van der Waals surface area contributed by atoms with E-state index in [1.165, 1.54) is 7.11 Å². The minimum absolute atomic E-state index is 0.375. The number of methoxy groups -OCH3 is 2. The number of rotatable bonds is 4. The van der Waals surface area contributed by atoms with Crippen molar-refractivity contribution in [2.45, 2.75) is 0 Å². The van der Waals surface area contributed by atoms with Crippen molar-refractivity contribution in [3.63, 3.8) is 0 Å². The number of carbonyl (C=O) groups excluding carboxylic acids is 1. The Balaban J connectivity index is 1.66. The van der Waals surface area contributed by atoms with E-state index in [-0.39, 0.29) is 0 Å². The molecule has 5 nitrogen and oxygen atoms in total. The molecule has 0 saturated carbocycles. The van der Waals surface area contributed by atoms with Gasteiger partial charge in [-0.25, -0.2) is 4.79 Å². The Morgan fingerprint density at radius 3 is 2.38 bits per heavy atom. The third kappa shape index (κ3) is 2.73. The van der Waals surface area contributed by atoms with Crippen molar-refractivity contribution in [1.29, 1.82) is 0 Å². The molecule has 0 aliphatic carbocycles. The molecule has 0 atom stereocenters. The fourth-order valence-corrected chi connectivity index (χ4v) is 2.90. The highest BCUT2D eigenvalue weighted by molar-refractivity contribution is 6.05. The van der Waals surface area contributed by atoms with E-state index in [4.69, 9.17) is 18.6 Å².